The number of carbonyl (C=O) groups is 2. The molecule has 48 heavy (non-hydrogen) atoms. The Bertz CT molecular complexity index is 1440. The van der Waals surface area contributed by atoms with Crippen molar-refractivity contribution < 1.29 is 19.1 Å². The lowest BCUT2D eigenvalue weighted by molar-refractivity contribution is -0.134. The second-order valence-electron chi connectivity index (χ2n) is 12.8. The van der Waals surface area contributed by atoms with Crippen molar-refractivity contribution in [3.05, 3.63) is 114 Å². The first-order chi connectivity index (χ1) is 23.6. The van der Waals surface area contributed by atoms with Gasteiger partial charge in [0.15, 0.2) is 0 Å². The molecule has 0 saturated heterocycles. The van der Waals surface area contributed by atoms with E-state index >= 15 is 0 Å². The van der Waals surface area contributed by atoms with Crippen LogP contribution in [-0.4, -0.2) is 18.2 Å². The van der Waals surface area contributed by atoms with Gasteiger partial charge in [0.2, 0.25) is 0 Å². The van der Waals surface area contributed by atoms with E-state index in [0.29, 0.717) is 29.2 Å². The van der Waals surface area contributed by atoms with Gasteiger partial charge in [-0.1, -0.05) is 133 Å². The number of hydrogen-bond acceptors (Lipinski definition) is 5. The predicted octanol–water partition coefficient (Wildman–Crippen LogP) is 12.0. The van der Waals surface area contributed by atoms with Gasteiger partial charge in [-0.2, -0.15) is 0 Å². The maximum absolute atomic E-state index is 12.6. The zero-order chi connectivity index (χ0) is 33.7. The zero-order valence-electron chi connectivity index (χ0n) is 28.8. The Balaban J connectivity index is 1.05. The summed E-state index contributed by atoms with van der Waals surface area (Å²) in [6.07, 6.45) is 30.1. The van der Waals surface area contributed by atoms with Crippen LogP contribution in [0.3, 0.4) is 0 Å². The van der Waals surface area contributed by atoms with E-state index in [0.717, 1.165) is 24.0 Å². The summed E-state index contributed by atoms with van der Waals surface area (Å²) in [6.45, 7) is 2.27. The molecule has 0 amide bonds. The van der Waals surface area contributed by atoms with Gasteiger partial charge < -0.3 is 9.47 Å². The number of benzene rings is 3. The van der Waals surface area contributed by atoms with E-state index < -0.39 is 5.97 Å². The van der Waals surface area contributed by atoms with Crippen LogP contribution < -0.4 is 9.47 Å². The lowest BCUT2D eigenvalue weighted by Crippen LogP contribution is -2.08. The average molecular weight is 648 g/mol. The van der Waals surface area contributed by atoms with Crippen molar-refractivity contribution in [2.75, 3.05) is 0 Å². The highest BCUT2D eigenvalue weighted by Gasteiger charge is 2.11. The molecule has 0 aromatic heterocycles. The SMILES string of the molecule is CCCCCCCCCCCCCCCCCC(=O)Oc1ccc(C=Nc2ccc(C(=O)Oc3ccc(C4C=CC=C4)cc3)cc2)cc1. The fraction of sp³-hybridized carbons (Fsp3) is 0.419. The first kappa shape index (κ1) is 36.6. The zero-order valence-corrected chi connectivity index (χ0v) is 28.8. The molecule has 0 radical (unpaired) electrons. The highest BCUT2D eigenvalue weighted by atomic mass is 16.5. The average Bonchev–Trinajstić information content (AvgIpc) is 3.66. The number of carbonyl (C=O) groups excluding carboxylic acids is 2. The molecule has 0 saturated carbocycles. The summed E-state index contributed by atoms with van der Waals surface area (Å²) in [6, 6.07) is 21.9. The number of unbranched alkanes of at least 4 members (excludes halogenated alkanes) is 14. The van der Waals surface area contributed by atoms with Crippen molar-refractivity contribution in [2.45, 2.75) is 116 Å². The monoisotopic (exact) mass is 647 g/mol. The van der Waals surface area contributed by atoms with Crippen LogP contribution in [0, 0.1) is 0 Å². The molecule has 4 rings (SSSR count). The minimum atomic E-state index is -0.413. The summed E-state index contributed by atoms with van der Waals surface area (Å²) < 4.78 is 11.1. The summed E-state index contributed by atoms with van der Waals surface area (Å²) in [4.78, 5) is 29.4. The number of allylic oxidation sites excluding steroid dienone is 4. The summed E-state index contributed by atoms with van der Waals surface area (Å²) in [5.41, 5.74) is 3.21. The molecular weight excluding hydrogens is 594 g/mol. The molecule has 5 heteroatoms. The van der Waals surface area contributed by atoms with Crippen LogP contribution in [0.5, 0.6) is 11.5 Å². The Morgan fingerprint density at radius 3 is 1.67 bits per heavy atom. The normalized spacial score (nSPS) is 12.6. The number of hydrogen-bond donors (Lipinski definition) is 0. The van der Waals surface area contributed by atoms with E-state index in [-0.39, 0.29) is 11.9 Å². The smallest absolute Gasteiger partial charge is 0.343 e. The number of aliphatic imine (C=N–C) groups is 1. The fourth-order valence-corrected chi connectivity index (χ4v) is 5.86. The highest BCUT2D eigenvalue weighted by Crippen LogP contribution is 2.25. The van der Waals surface area contributed by atoms with Gasteiger partial charge in [0.05, 0.1) is 11.3 Å². The van der Waals surface area contributed by atoms with Gasteiger partial charge in [-0.25, -0.2) is 4.79 Å². The van der Waals surface area contributed by atoms with Crippen LogP contribution in [0.4, 0.5) is 5.69 Å². The maximum atomic E-state index is 12.6. The largest absolute Gasteiger partial charge is 0.427 e. The second-order valence-corrected chi connectivity index (χ2v) is 12.8. The van der Waals surface area contributed by atoms with Crippen molar-refractivity contribution in [1.29, 1.82) is 0 Å². The van der Waals surface area contributed by atoms with Crippen LogP contribution in [-0.2, 0) is 4.79 Å². The van der Waals surface area contributed by atoms with Crippen LogP contribution in [0.1, 0.15) is 137 Å². The number of nitrogens with zero attached hydrogens (tertiary/aromatic N) is 1. The lowest BCUT2D eigenvalue weighted by atomic mass is 10.0. The number of rotatable bonds is 22. The Morgan fingerprint density at radius 1 is 0.604 bits per heavy atom. The Kier molecular flexibility index (Phi) is 16.5. The van der Waals surface area contributed by atoms with Gasteiger partial charge >= 0.3 is 11.9 Å². The van der Waals surface area contributed by atoms with E-state index in [1.807, 2.05) is 48.6 Å². The quantitative estimate of drug-likeness (QED) is 0.0471. The molecule has 1 aliphatic carbocycles. The van der Waals surface area contributed by atoms with Crippen molar-refractivity contribution >= 4 is 23.8 Å². The first-order valence-corrected chi connectivity index (χ1v) is 18.2. The molecule has 0 heterocycles. The van der Waals surface area contributed by atoms with Crippen LogP contribution in [0.15, 0.2) is 102 Å². The Hall–Kier alpha value is -4.25. The molecule has 5 nitrogen and oxygen atoms in total. The van der Waals surface area contributed by atoms with Gasteiger partial charge in [-0.05, 0) is 78.2 Å². The Labute approximate surface area is 288 Å². The lowest BCUT2D eigenvalue weighted by Gasteiger charge is -2.08. The van der Waals surface area contributed by atoms with Gasteiger partial charge in [-0.3, -0.25) is 9.79 Å². The van der Waals surface area contributed by atoms with Crippen molar-refractivity contribution in [3.8, 4) is 11.5 Å². The first-order valence-electron chi connectivity index (χ1n) is 18.2. The third-order valence-electron chi connectivity index (χ3n) is 8.79. The summed E-state index contributed by atoms with van der Waals surface area (Å²) in [5.74, 6) is 0.736. The molecular formula is C43H53NO4. The van der Waals surface area contributed by atoms with Gasteiger partial charge in [0, 0.05) is 18.6 Å². The molecule has 0 fully saturated rings. The van der Waals surface area contributed by atoms with E-state index in [1.54, 1.807) is 42.6 Å². The third kappa shape index (κ3) is 13.9. The van der Waals surface area contributed by atoms with Crippen molar-refractivity contribution in [3.63, 3.8) is 0 Å². The molecule has 0 spiro atoms. The fourth-order valence-electron chi connectivity index (χ4n) is 5.86. The van der Waals surface area contributed by atoms with Crippen LogP contribution in [0.2, 0.25) is 0 Å². The maximum Gasteiger partial charge on any atom is 0.343 e. The topological polar surface area (TPSA) is 65.0 Å². The van der Waals surface area contributed by atoms with Crippen LogP contribution >= 0.6 is 0 Å². The predicted molar refractivity (Wildman–Crippen MR) is 198 cm³/mol. The van der Waals surface area contributed by atoms with Gasteiger partial charge in [0.25, 0.3) is 0 Å². The molecule has 0 N–H and O–H groups in total. The minimum Gasteiger partial charge on any atom is -0.427 e. The molecule has 254 valence electrons. The van der Waals surface area contributed by atoms with Gasteiger partial charge in [-0.15, -0.1) is 0 Å². The summed E-state index contributed by atoms with van der Waals surface area (Å²) in [7, 11) is 0. The molecule has 3 aromatic carbocycles. The number of esters is 2. The summed E-state index contributed by atoms with van der Waals surface area (Å²) >= 11 is 0. The molecule has 0 atom stereocenters. The third-order valence-corrected chi connectivity index (χ3v) is 8.79. The van der Waals surface area contributed by atoms with Crippen LogP contribution in [0.25, 0.3) is 0 Å². The van der Waals surface area contributed by atoms with E-state index in [1.165, 1.54) is 83.5 Å². The molecule has 0 unspecified atom stereocenters. The van der Waals surface area contributed by atoms with Gasteiger partial charge in [0.1, 0.15) is 11.5 Å². The minimum absolute atomic E-state index is 0.180. The molecule has 0 aliphatic heterocycles. The standard InChI is InChI=1S/C43H53NO4/c1-2-3-4-5-6-7-8-9-10-11-12-13-14-15-16-21-42(45)47-40-30-22-35(23-31-40)34-44-39-28-24-38(25-29-39)43(46)48-41-32-26-37(27-33-41)36-19-17-18-20-36/h17-20,22-34,36H,2-16,21H2,1H3. The van der Waals surface area contributed by atoms with E-state index in [4.69, 9.17) is 9.47 Å². The second kappa shape index (κ2) is 21.6. The number of ether oxygens (including phenoxy) is 2. The van der Waals surface area contributed by atoms with E-state index in [9.17, 15) is 9.59 Å². The summed E-state index contributed by atoms with van der Waals surface area (Å²) in [5, 5.41) is 0. The Morgan fingerprint density at radius 2 is 1.10 bits per heavy atom. The van der Waals surface area contributed by atoms with E-state index in [2.05, 4.69) is 24.1 Å². The van der Waals surface area contributed by atoms with Crippen molar-refractivity contribution in [1.82, 2.24) is 0 Å². The molecule has 3 aromatic rings. The highest BCUT2D eigenvalue weighted by molar-refractivity contribution is 5.91. The molecule has 1 aliphatic rings. The molecule has 0 bridgehead atoms. The van der Waals surface area contributed by atoms with Crippen molar-refractivity contribution in [2.24, 2.45) is 4.99 Å².